The molecule has 10 nitrogen and oxygen atoms in total. The molecule has 3 aromatic rings. The van der Waals surface area contributed by atoms with Crippen LogP contribution in [0.1, 0.15) is 50.0 Å². The van der Waals surface area contributed by atoms with Gasteiger partial charge in [0.05, 0.1) is 17.3 Å². The molecule has 2 aliphatic heterocycles. The van der Waals surface area contributed by atoms with Gasteiger partial charge in [0.25, 0.3) is 5.91 Å². The maximum atomic E-state index is 15.2. The lowest BCUT2D eigenvalue weighted by Crippen LogP contribution is -2.52. The van der Waals surface area contributed by atoms with Crippen LogP contribution in [0.25, 0.3) is 11.3 Å². The van der Waals surface area contributed by atoms with E-state index in [0.29, 0.717) is 41.9 Å². The van der Waals surface area contributed by atoms with Crippen molar-refractivity contribution in [3.05, 3.63) is 64.8 Å². The topological polar surface area (TPSA) is 114 Å². The van der Waals surface area contributed by atoms with E-state index >= 15 is 8.78 Å². The van der Waals surface area contributed by atoms with Crippen LogP contribution in [0.3, 0.4) is 0 Å². The molecule has 2 aromatic carbocycles. The number of hydrogen-bond acceptors (Lipinski definition) is 6. The lowest BCUT2D eigenvalue weighted by molar-refractivity contribution is -0.141. The number of carbonyl (C=O) groups excluding carboxylic acids is 2. The Hall–Kier alpha value is -4.19. The van der Waals surface area contributed by atoms with E-state index in [1.54, 1.807) is 48.7 Å². The van der Waals surface area contributed by atoms with Crippen molar-refractivity contribution < 1.29 is 37.7 Å². The summed E-state index contributed by atoms with van der Waals surface area (Å²) < 4.78 is 43.2. The first-order chi connectivity index (χ1) is 19.8. The van der Waals surface area contributed by atoms with Crippen molar-refractivity contribution in [3.63, 3.8) is 0 Å². The molecule has 0 bridgehead atoms. The lowest BCUT2D eigenvalue weighted by atomic mass is 10.1. The van der Waals surface area contributed by atoms with Crippen LogP contribution < -0.4 is 4.74 Å². The molecule has 2 saturated heterocycles. The molecule has 0 aliphatic carbocycles. The molecule has 42 heavy (non-hydrogen) atoms. The van der Waals surface area contributed by atoms with Crippen molar-refractivity contribution in [2.75, 3.05) is 19.6 Å². The van der Waals surface area contributed by atoms with Crippen LogP contribution in [0, 0.1) is 11.6 Å². The van der Waals surface area contributed by atoms with Crippen molar-refractivity contribution in [3.8, 4) is 22.8 Å². The minimum Gasteiger partial charge on any atom is -0.480 e. The number of aliphatic carboxylic acids is 1. The Balaban J connectivity index is 1.38. The predicted molar refractivity (Wildman–Crippen MR) is 148 cm³/mol. The molecule has 2 amide bonds. The zero-order valence-electron chi connectivity index (χ0n) is 23.1. The van der Waals surface area contributed by atoms with Crippen LogP contribution in [-0.2, 0) is 9.53 Å². The molecule has 1 N–H and O–H groups in total. The van der Waals surface area contributed by atoms with E-state index in [1.165, 1.54) is 12.1 Å². The average Bonchev–Trinajstić information content (AvgIpc) is 3.55. The van der Waals surface area contributed by atoms with Gasteiger partial charge in [0.1, 0.15) is 23.2 Å². The molecule has 0 unspecified atom stereocenters. The third-order valence-corrected chi connectivity index (χ3v) is 7.25. The fraction of sp³-hybridized carbons (Fsp3) is 0.379. The summed E-state index contributed by atoms with van der Waals surface area (Å²) in [5.41, 5.74) is -0.191. The number of carboxylic acid groups (broad SMARTS) is 1. The van der Waals surface area contributed by atoms with Gasteiger partial charge in [0.15, 0.2) is 11.6 Å². The van der Waals surface area contributed by atoms with Gasteiger partial charge in [-0.05, 0) is 63.9 Å². The third kappa shape index (κ3) is 5.89. The van der Waals surface area contributed by atoms with Crippen molar-refractivity contribution in [1.82, 2.24) is 19.6 Å². The van der Waals surface area contributed by atoms with Crippen LogP contribution >= 0.6 is 11.6 Å². The summed E-state index contributed by atoms with van der Waals surface area (Å²) in [6.45, 7) is 6.21. The molecular weight excluding hydrogens is 574 g/mol. The minimum absolute atomic E-state index is 0.132. The first kappa shape index (κ1) is 29.3. The summed E-state index contributed by atoms with van der Waals surface area (Å²) in [5.74, 6) is -4.49. The first-order valence-corrected chi connectivity index (χ1v) is 13.7. The number of carbonyl (C=O) groups is 3. The van der Waals surface area contributed by atoms with Crippen LogP contribution in [-0.4, -0.2) is 73.9 Å². The summed E-state index contributed by atoms with van der Waals surface area (Å²) in [6.07, 6.45) is 1.83. The number of nitrogens with zero attached hydrogens (tertiary/aromatic N) is 4. The Morgan fingerprint density at radius 1 is 1.05 bits per heavy atom. The highest BCUT2D eigenvalue weighted by atomic mass is 35.5. The van der Waals surface area contributed by atoms with Gasteiger partial charge in [-0.3, -0.25) is 9.48 Å². The zero-order chi connectivity index (χ0) is 30.3. The van der Waals surface area contributed by atoms with Crippen molar-refractivity contribution >= 4 is 29.6 Å². The standard InChI is InChI=1S/C29H29ClF2N4O6/c1-29(2,3)42-28(40)34-14-17(15-34)36-22(8-9-33-36)19-11-16(30)6-7-24(19)41-25-13-20(31)18(12-21(25)32)26(37)35-10-4-5-23(35)27(38)39/h6-9,11-13,17,23H,4-5,10,14-15H2,1-3H3,(H,38,39)/t23-/m0/s1. The molecule has 3 heterocycles. The Morgan fingerprint density at radius 2 is 1.79 bits per heavy atom. The number of halogens is 3. The fourth-order valence-corrected chi connectivity index (χ4v) is 5.18. The molecule has 1 aromatic heterocycles. The molecule has 0 radical (unpaired) electrons. The highest BCUT2D eigenvalue weighted by Gasteiger charge is 2.37. The summed E-state index contributed by atoms with van der Waals surface area (Å²) in [5, 5.41) is 14.1. The van der Waals surface area contributed by atoms with Gasteiger partial charge >= 0.3 is 12.1 Å². The maximum Gasteiger partial charge on any atom is 0.410 e. The summed E-state index contributed by atoms with van der Waals surface area (Å²) in [6, 6.07) is 6.54. The van der Waals surface area contributed by atoms with E-state index in [4.69, 9.17) is 21.1 Å². The number of rotatable bonds is 6. The molecule has 2 aliphatic rings. The molecule has 13 heteroatoms. The molecule has 222 valence electrons. The fourth-order valence-electron chi connectivity index (χ4n) is 5.01. The quantitative estimate of drug-likeness (QED) is 0.382. The summed E-state index contributed by atoms with van der Waals surface area (Å²) >= 11 is 6.28. The molecular formula is C29H29ClF2N4O6. The Labute approximate surface area is 245 Å². The number of carboxylic acids is 1. The number of hydrogen-bond donors (Lipinski definition) is 1. The van der Waals surface area contributed by atoms with Crippen molar-refractivity contribution in [2.45, 2.75) is 51.3 Å². The van der Waals surface area contributed by atoms with Crippen LogP contribution in [0.5, 0.6) is 11.5 Å². The van der Waals surface area contributed by atoms with Gasteiger partial charge in [-0.2, -0.15) is 5.10 Å². The Kier molecular flexibility index (Phi) is 7.84. The number of aromatic nitrogens is 2. The highest BCUT2D eigenvalue weighted by Crippen LogP contribution is 2.39. The smallest absolute Gasteiger partial charge is 0.410 e. The van der Waals surface area contributed by atoms with Crippen LogP contribution in [0.4, 0.5) is 13.6 Å². The van der Waals surface area contributed by atoms with Crippen molar-refractivity contribution in [2.24, 2.45) is 0 Å². The molecule has 2 fully saturated rings. The normalized spacial score (nSPS) is 17.2. The molecule has 0 spiro atoms. The van der Waals surface area contributed by atoms with Crippen LogP contribution in [0.2, 0.25) is 5.02 Å². The van der Waals surface area contributed by atoms with E-state index in [-0.39, 0.29) is 24.8 Å². The van der Waals surface area contributed by atoms with E-state index in [2.05, 4.69) is 5.10 Å². The number of likely N-dealkylation sites (tertiary alicyclic amines) is 2. The second kappa shape index (κ2) is 11.2. The van der Waals surface area contributed by atoms with Crippen molar-refractivity contribution in [1.29, 1.82) is 0 Å². The second-order valence-electron chi connectivity index (χ2n) is 11.2. The van der Waals surface area contributed by atoms with E-state index in [0.717, 1.165) is 11.0 Å². The largest absolute Gasteiger partial charge is 0.480 e. The maximum absolute atomic E-state index is 15.2. The zero-order valence-corrected chi connectivity index (χ0v) is 23.9. The Morgan fingerprint density at radius 3 is 2.48 bits per heavy atom. The third-order valence-electron chi connectivity index (χ3n) is 7.02. The van der Waals surface area contributed by atoms with E-state index in [9.17, 15) is 19.5 Å². The van der Waals surface area contributed by atoms with Crippen LogP contribution in [0.15, 0.2) is 42.6 Å². The van der Waals surface area contributed by atoms with Gasteiger partial charge in [0, 0.05) is 42.5 Å². The number of ether oxygens (including phenoxy) is 2. The predicted octanol–water partition coefficient (Wildman–Crippen LogP) is 5.76. The van der Waals surface area contributed by atoms with E-state index in [1.807, 2.05) is 0 Å². The van der Waals surface area contributed by atoms with Gasteiger partial charge < -0.3 is 24.4 Å². The number of benzene rings is 2. The van der Waals surface area contributed by atoms with Gasteiger partial charge in [-0.1, -0.05) is 11.6 Å². The lowest BCUT2D eigenvalue weighted by Gasteiger charge is -2.40. The van der Waals surface area contributed by atoms with Gasteiger partial charge in [-0.15, -0.1) is 0 Å². The average molecular weight is 603 g/mol. The molecule has 0 saturated carbocycles. The Bertz CT molecular complexity index is 1550. The summed E-state index contributed by atoms with van der Waals surface area (Å²) in [7, 11) is 0. The minimum atomic E-state index is -1.20. The second-order valence-corrected chi connectivity index (χ2v) is 11.6. The van der Waals surface area contributed by atoms with Gasteiger partial charge in [0.2, 0.25) is 0 Å². The summed E-state index contributed by atoms with van der Waals surface area (Å²) in [4.78, 5) is 39.3. The SMILES string of the molecule is CC(C)(C)OC(=O)N1CC(n2nccc2-c2cc(Cl)ccc2Oc2cc(F)c(C(=O)N3CCC[C@H]3C(=O)O)cc2F)C1. The highest BCUT2D eigenvalue weighted by molar-refractivity contribution is 6.31. The number of amides is 2. The van der Waals surface area contributed by atoms with Gasteiger partial charge in [-0.25, -0.2) is 18.4 Å². The van der Waals surface area contributed by atoms with E-state index < -0.39 is 52.6 Å². The molecule has 5 rings (SSSR count). The monoisotopic (exact) mass is 602 g/mol. The first-order valence-electron chi connectivity index (χ1n) is 13.3. The molecule has 1 atom stereocenters.